The maximum atomic E-state index is 10.1. The third-order valence-electron chi connectivity index (χ3n) is 0.837. The number of amides is 1. The van der Waals surface area contributed by atoms with E-state index < -0.39 is 0 Å². The van der Waals surface area contributed by atoms with Gasteiger partial charge in [0.05, 0.1) is 5.91 Å². The van der Waals surface area contributed by atoms with Crippen LogP contribution in [0.5, 0.6) is 0 Å². The van der Waals surface area contributed by atoms with E-state index in [2.05, 4.69) is 5.32 Å². The minimum Gasteiger partial charge on any atom is -0.653 e. The zero-order chi connectivity index (χ0) is 4.41. The fourth-order valence-electron chi connectivity index (χ4n) is 0.513. The van der Waals surface area contributed by atoms with Crippen molar-refractivity contribution in [1.29, 1.82) is 0 Å². The maximum absolute atomic E-state index is 10.1. The normalized spacial score (nSPS) is 18.0. The molecule has 0 N–H and O–H groups in total. The molecule has 0 unspecified atom stereocenters. The van der Waals surface area contributed by atoms with Gasteiger partial charge in [-0.15, -0.1) is 6.54 Å². The molecule has 7 heavy (non-hydrogen) atoms. The average Bonchev–Trinajstić information content (AvgIpc) is 1.86. The molecule has 1 aliphatic rings. The molecule has 1 amide bonds. The van der Waals surface area contributed by atoms with Crippen LogP contribution in [0.15, 0.2) is 0 Å². The molecule has 1 rings (SSSR count). The Balaban J connectivity index is 0.000000360. The van der Waals surface area contributed by atoms with Gasteiger partial charge in [-0.1, -0.05) is 6.42 Å². The third-order valence-corrected chi connectivity index (χ3v) is 0.837. The van der Waals surface area contributed by atoms with Crippen molar-refractivity contribution in [2.45, 2.75) is 12.8 Å². The zero-order valence-corrected chi connectivity index (χ0v) is 6.77. The van der Waals surface area contributed by atoms with E-state index in [1.54, 1.807) is 0 Å². The summed E-state index contributed by atoms with van der Waals surface area (Å²) in [4.78, 5) is 10.1. The topological polar surface area (TPSA) is 31.2 Å². The number of hydrogen-bond acceptors (Lipinski definition) is 1. The number of carbonyl (C=O) groups is 1. The van der Waals surface area contributed by atoms with Crippen molar-refractivity contribution in [2.75, 3.05) is 6.54 Å². The largest absolute Gasteiger partial charge is 0.653 e. The molecular weight excluding hydrogens is 325 g/mol. The average molecular weight is 331 g/mol. The molecule has 0 aromatic carbocycles. The summed E-state index contributed by atoms with van der Waals surface area (Å²) in [5, 5.41) is 3.60. The number of hydrogen-bond donors (Lipinski definition) is 0. The molecule has 1 aliphatic heterocycles. The third kappa shape index (κ3) is 0.911. The SMILES string of the molecule is O=C1CCC[N-]1.[Cm]. The molecule has 0 spiro atoms. The smallest absolute Gasteiger partial charge is 0.0510 e. The summed E-state index contributed by atoms with van der Waals surface area (Å²) in [5.41, 5.74) is 0. The Morgan fingerprint density at radius 3 is 2.43 bits per heavy atom. The first-order valence-corrected chi connectivity index (χ1v) is 2.10. The molecule has 0 bridgehead atoms. The number of nitrogens with zero attached hydrogens (tertiary/aromatic N) is 1. The molecular formula is C4H6CmNO-. The molecule has 0 aromatic heterocycles. The van der Waals surface area contributed by atoms with Crippen molar-refractivity contribution >= 4 is 5.91 Å². The summed E-state index contributed by atoms with van der Waals surface area (Å²) in [7, 11) is 0. The van der Waals surface area contributed by atoms with Gasteiger partial charge in [-0.25, -0.2) is 0 Å². The Labute approximate surface area is 36.5 Å². The Hall–Kier alpha value is -1.53. The van der Waals surface area contributed by atoms with E-state index in [9.17, 15) is 4.79 Å². The van der Waals surface area contributed by atoms with Crippen LogP contribution in [0.2, 0.25) is 0 Å². The van der Waals surface area contributed by atoms with Crippen LogP contribution >= 0.6 is 0 Å². The van der Waals surface area contributed by atoms with Crippen LogP contribution in [-0.4, -0.2) is 12.5 Å². The van der Waals surface area contributed by atoms with Gasteiger partial charge in [0.2, 0.25) is 0 Å². The van der Waals surface area contributed by atoms with Crippen molar-refractivity contribution in [3.8, 4) is 0 Å². The first-order valence-electron chi connectivity index (χ1n) is 2.10. The van der Waals surface area contributed by atoms with E-state index in [0.29, 0.717) is 6.42 Å². The van der Waals surface area contributed by atoms with E-state index in [1.807, 2.05) is 0 Å². The first-order chi connectivity index (χ1) is 2.89. The maximum Gasteiger partial charge on any atom is 0.0510 e. The van der Waals surface area contributed by atoms with Crippen LogP contribution < -0.4 is 0 Å². The van der Waals surface area contributed by atoms with E-state index in [1.165, 1.54) is 0 Å². The standard InChI is InChI=1S/C4H7NO.Cm/c6-4-2-1-3-5-4;/h1-3H2,(H,5,6);/p-1. The van der Waals surface area contributed by atoms with Crippen molar-refractivity contribution in [2.24, 2.45) is 0 Å². The molecule has 3 heteroatoms. The van der Waals surface area contributed by atoms with E-state index in [0.717, 1.165) is 13.0 Å². The molecule has 0 radical (unpaired) electrons. The molecule has 0 aliphatic carbocycles. The predicted octanol–water partition coefficient (Wildman–Crippen LogP) is 0.681. The van der Waals surface area contributed by atoms with E-state index in [-0.39, 0.29) is 5.91 Å². The minimum absolute atomic E-state index is 0. The summed E-state index contributed by atoms with van der Waals surface area (Å²) >= 11 is 0. The van der Waals surface area contributed by atoms with Gasteiger partial charge < -0.3 is 10.1 Å². The van der Waals surface area contributed by atoms with Crippen molar-refractivity contribution in [1.82, 2.24) is 0 Å². The fourth-order valence-corrected chi connectivity index (χ4v) is 0.513. The van der Waals surface area contributed by atoms with Crippen LogP contribution in [0.3, 0.4) is 0 Å². The Bertz CT molecular complexity index is 66.1. The van der Waals surface area contributed by atoms with E-state index >= 15 is 0 Å². The number of rotatable bonds is 0. The summed E-state index contributed by atoms with van der Waals surface area (Å²) in [6.45, 7) is 0.763. The first kappa shape index (κ1) is 5.47. The second kappa shape index (κ2) is 1.80. The molecule has 42 valence electrons. The molecule has 1 heterocycles. The fraction of sp³-hybridized carbons (Fsp3) is 0.750. The van der Waals surface area contributed by atoms with Crippen LogP contribution in [0.25, 0.3) is 5.32 Å². The quantitative estimate of drug-likeness (QED) is 0.642. The van der Waals surface area contributed by atoms with Gasteiger partial charge in [-0.05, 0) is 6.42 Å². The molecule has 0 aromatic rings. The van der Waals surface area contributed by atoms with Gasteiger partial charge >= 0.3 is 0 Å². The molecule has 1 fully saturated rings. The summed E-state index contributed by atoms with van der Waals surface area (Å²) in [6, 6.07) is 0. The molecule has 1 saturated heterocycles. The summed E-state index contributed by atoms with van der Waals surface area (Å²) < 4.78 is 0. The van der Waals surface area contributed by atoms with Crippen molar-refractivity contribution in [3.63, 3.8) is 0 Å². The van der Waals surface area contributed by atoms with Crippen LogP contribution in [0, 0.1) is 0 Å². The van der Waals surface area contributed by atoms with Gasteiger partial charge in [0, 0.05) is 0 Å². The summed E-state index contributed by atoms with van der Waals surface area (Å²) in [6.07, 6.45) is 1.65. The Morgan fingerprint density at radius 1 is 1.57 bits per heavy atom. The molecule has 0 atom stereocenters. The van der Waals surface area contributed by atoms with Crippen LogP contribution in [-0.2, 0) is 4.79 Å². The number of carbonyl (C=O) groups excluding carboxylic acids is 1. The second-order valence-electron chi connectivity index (χ2n) is 1.38. The van der Waals surface area contributed by atoms with Gasteiger partial charge in [0.15, 0.2) is 0 Å². The summed E-state index contributed by atoms with van der Waals surface area (Å²) in [5.74, 6) is 0.0787. The molecule has 2 nitrogen and oxygen atoms in total. The van der Waals surface area contributed by atoms with Gasteiger partial charge in [0.1, 0.15) is 0 Å². The second-order valence-corrected chi connectivity index (χ2v) is 1.38. The zero-order valence-electron chi connectivity index (χ0n) is 3.83. The Kier molecular flexibility index (Phi) is 1.41. The van der Waals surface area contributed by atoms with Crippen molar-refractivity contribution < 1.29 is 4.79 Å². The minimum atomic E-state index is 0. The monoisotopic (exact) mass is 327 g/mol. The van der Waals surface area contributed by atoms with Gasteiger partial charge in [-0.2, -0.15) is 0 Å². The molecule has 0 saturated carbocycles. The van der Waals surface area contributed by atoms with Gasteiger partial charge in [0.25, 0.3) is 0 Å². The van der Waals surface area contributed by atoms with Crippen molar-refractivity contribution in [3.05, 3.63) is 5.32 Å². The Morgan fingerprint density at radius 2 is 2.29 bits per heavy atom. The van der Waals surface area contributed by atoms with Gasteiger partial charge in [-0.3, -0.25) is 0 Å². The van der Waals surface area contributed by atoms with Crippen LogP contribution in [0.4, 0.5) is 0 Å². The predicted molar refractivity (Wildman–Crippen MR) is 22.5 cm³/mol. The van der Waals surface area contributed by atoms with E-state index in [4.69, 9.17) is 0 Å². The van der Waals surface area contributed by atoms with Crippen LogP contribution in [0.1, 0.15) is 12.8 Å².